The SMILES string of the molecule is O=C(CC1CCN(c2nc3ccc(F)cc3o2)CC1)N1CCOCC1. The lowest BCUT2D eigenvalue weighted by Gasteiger charge is -2.33. The van der Waals surface area contributed by atoms with Gasteiger partial charge in [0.2, 0.25) is 5.91 Å². The van der Waals surface area contributed by atoms with Crippen molar-refractivity contribution >= 4 is 23.0 Å². The summed E-state index contributed by atoms with van der Waals surface area (Å²) in [7, 11) is 0. The predicted molar refractivity (Wildman–Crippen MR) is 90.9 cm³/mol. The van der Waals surface area contributed by atoms with Gasteiger partial charge in [0.25, 0.3) is 6.01 Å². The van der Waals surface area contributed by atoms with Crippen LogP contribution in [0, 0.1) is 11.7 Å². The predicted octanol–water partition coefficient (Wildman–Crippen LogP) is 2.43. The van der Waals surface area contributed by atoms with Gasteiger partial charge >= 0.3 is 0 Å². The number of hydrogen-bond acceptors (Lipinski definition) is 5. The molecule has 1 aromatic carbocycles. The second-order valence-electron chi connectivity index (χ2n) is 6.74. The van der Waals surface area contributed by atoms with Crippen LogP contribution in [0.25, 0.3) is 11.1 Å². The minimum atomic E-state index is -0.324. The number of morpholine rings is 1. The molecule has 25 heavy (non-hydrogen) atoms. The zero-order valence-corrected chi connectivity index (χ0v) is 14.1. The van der Waals surface area contributed by atoms with Crippen LogP contribution in [0.4, 0.5) is 10.4 Å². The van der Waals surface area contributed by atoms with E-state index in [1.54, 1.807) is 6.07 Å². The third-order valence-corrected chi connectivity index (χ3v) is 5.05. The summed E-state index contributed by atoms with van der Waals surface area (Å²) in [5.41, 5.74) is 1.14. The Kier molecular flexibility index (Phi) is 4.57. The van der Waals surface area contributed by atoms with Crippen molar-refractivity contribution in [2.75, 3.05) is 44.3 Å². The smallest absolute Gasteiger partial charge is 0.298 e. The first kappa shape index (κ1) is 16.3. The number of anilines is 1. The highest BCUT2D eigenvalue weighted by atomic mass is 19.1. The number of carbonyl (C=O) groups is 1. The maximum absolute atomic E-state index is 13.3. The van der Waals surface area contributed by atoms with Crippen LogP contribution in [-0.4, -0.2) is 55.2 Å². The molecule has 2 aliphatic heterocycles. The lowest BCUT2D eigenvalue weighted by Crippen LogP contribution is -2.42. The Morgan fingerprint density at radius 2 is 1.96 bits per heavy atom. The van der Waals surface area contributed by atoms with Gasteiger partial charge in [-0.25, -0.2) is 4.39 Å². The van der Waals surface area contributed by atoms with E-state index in [4.69, 9.17) is 9.15 Å². The molecular formula is C18H22FN3O3. The average Bonchev–Trinajstić information content (AvgIpc) is 3.06. The molecule has 0 saturated carbocycles. The number of oxazole rings is 1. The molecule has 3 heterocycles. The van der Waals surface area contributed by atoms with Crippen LogP contribution in [0.5, 0.6) is 0 Å². The van der Waals surface area contributed by atoms with Crippen molar-refractivity contribution in [1.29, 1.82) is 0 Å². The van der Waals surface area contributed by atoms with Gasteiger partial charge in [-0.1, -0.05) is 0 Å². The van der Waals surface area contributed by atoms with Gasteiger partial charge in [0.05, 0.1) is 13.2 Å². The van der Waals surface area contributed by atoms with Gasteiger partial charge in [-0.05, 0) is 30.9 Å². The number of hydrogen-bond donors (Lipinski definition) is 0. The fourth-order valence-corrected chi connectivity index (χ4v) is 3.54. The fourth-order valence-electron chi connectivity index (χ4n) is 3.54. The molecule has 134 valence electrons. The topological polar surface area (TPSA) is 58.8 Å². The minimum Gasteiger partial charge on any atom is -0.423 e. The standard InChI is InChI=1S/C18H22FN3O3/c19-14-1-2-15-16(12-14)25-18(20-15)22-5-3-13(4-6-22)11-17(23)21-7-9-24-10-8-21/h1-2,12-13H,3-11H2. The molecule has 2 fully saturated rings. The van der Waals surface area contributed by atoms with Gasteiger partial charge < -0.3 is 19.0 Å². The van der Waals surface area contributed by atoms with E-state index in [1.807, 2.05) is 4.90 Å². The van der Waals surface area contributed by atoms with Crippen LogP contribution in [0.1, 0.15) is 19.3 Å². The highest BCUT2D eigenvalue weighted by Gasteiger charge is 2.26. The van der Waals surface area contributed by atoms with E-state index in [1.165, 1.54) is 12.1 Å². The molecule has 4 rings (SSSR count). The molecule has 6 nitrogen and oxygen atoms in total. The molecule has 2 aliphatic rings. The lowest BCUT2D eigenvalue weighted by molar-refractivity contribution is -0.136. The van der Waals surface area contributed by atoms with E-state index < -0.39 is 0 Å². The van der Waals surface area contributed by atoms with Crippen LogP contribution < -0.4 is 4.90 Å². The van der Waals surface area contributed by atoms with Crippen LogP contribution >= 0.6 is 0 Å². The summed E-state index contributed by atoms with van der Waals surface area (Å²) in [4.78, 5) is 20.8. The number of ether oxygens (including phenoxy) is 1. The quantitative estimate of drug-likeness (QED) is 0.853. The molecule has 1 aromatic heterocycles. The van der Waals surface area contributed by atoms with Crippen molar-refractivity contribution in [3.8, 4) is 0 Å². The van der Waals surface area contributed by atoms with E-state index in [9.17, 15) is 9.18 Å². The van der Waals surface area contributed by atoms with Crippen molar-refractivity contribution in [1.82, 2.24) is 9.88 Å². The third-order valence-electron chi connectivity index (χ3n) is 5.05. The van der Waals surface area contributed by atoms with E-state index in [0.717, 1.165) is 25.9 Å². The molecule has 7 heteroatoms. The first-order valence-corrected chi connectivity index (χ1v) is 8.85. The first-order chi connectivity index (χ1) is 12.2. The Bertz CT molecular complexity index is 749. The second kappa shape index (κ2) is 7.00. The molecule has 0 aliphatic carbocycles. The van der Waals surface area contributed by atoms with Gasteiger partial charge in [-0.3, -0.25) is 4.79 Å². The van der Waals surface area contributed by atoms with Gasteiger partial charge in [-0.2, -0.15) is 4.98 Å². The number of nitrogens with zero attached hydrogens (tertiary/aromatic N) is 3. The van der Waals surface area contributed by atoms with Crippen LogP contribution in [-0.2, 0) is 9.53 Å². The summed E-state index contributed by atoms with van der Waals surface area (Å²) >= 11 is 0. The molecule has 1 amide bonds. The summed E-state index contributed by atoms with van der Waals surface area (Å²) < 4.78 is 24.2. The Labute approximate surface area is 145 Å². The van der Waals surface area contributed by atoms with Crippen LogP contribution in [0.3, 0.4) is 0 Å². The van der Waals surface area contributed by atoms with E-state index >= 15 is 0 Å². The van der Waals surface area contributed by atoms with Crippen LogP contribution in [0.2, 0.25) is 0 Å². The van der Waals surface area contributed by atoms with Crippen molar-refractivity contribution in [3.05, 3.63) is 24.0 Å². The zero-order chi connectivity index (χ0) is 17.2. The minimum absolute atomic E-state index is 0.235. The Hall–Kier alpha value is -2.15. The number of benzene rings is 1. The van der Waals surface area contributed by atoms with Crippen molar-refractivity contribution in [2.24, 2.45) is 5.92 Å². The zero-order valence-electron chi connectivity index (χ0n) is 14.1. The maximum atomic E-state index is 13.3. The number of carbonyl (C=O) groups excluding carboxylic acids is 1. The molecular weight excluding hydrogens is 325 g/mol. The summed E-state index contributed by atoms with van der Waals surface area (Å²) in [6.45, 7) is 4.30. The molecule has 0 unspecified atom stereocenters. The molecule has 0 radical (unpaired) electrons. The first-order valence-electron chi connectivity index (χ1n) is 8.85. The second-order valence-corrected chi connectivity index (χ2v) is 6.74. The fraction of sp³-hybridized carbons (Fsp3) is 0.556. The number of rotatable bonds is 3. The van der Waals surface area contributed by atoms with Crippen molar-refractivity contribution in [2.45, 2.75) is 19.3 Å². The molecule has 0 bridgehead atoms. The number of aromatic nitrogens is 1. The van der Waals surface area contributed by atoms with E-state index in [-0.39, 0.29) is 11.7 Å². The number of fused-ring (bicyclic) bond motifs is 1. The van der Waals surface area contributed by atoms with Gasteiger partial charge in [0.1, 0.15) is 11.3 Å². The summed E-state index contributed by atoms with van der Waals surface area (Å²) in [6, 6.07) is 4.92. The molecule has 0 atom stereocenters. The highest BCUT2D eigenvalue weighted by Crippen LogP contribution is 2.28. The largest absolute Gasteiger partial charge is 0.423 e. The van der Waals surface area contributed by atoms with E-state index in [0.29, 0.717) is 55.8 Å². The number of halogens is 1. The lowest BCUT2D eigenvalue weighted by atomic mass is 9.93. The molecule has 0 spiro atoms. The molecule has 2 saturated heterocycles. The maximum Gasteiger partial charge on any atom is 0.298 e. The highest BCUT2D eigenvalue weighted by molar-refractivity contribution is 5.76. The van der Waals surface area contributed by atoms with Crippen molar-refractivity contribution in [3.63, 3.8) is 0 Å². The Morgan fingerprint density at radius 1 is 1.20 bits per heavy atom. The monoisotopic (exact) mass is 347 g/mol. The molecule has 0 N–H and O–H groups in total. The normalized spacial score (nSPS) is 19.6. The summed E-state index contributed by atoms with van der Waals surface area (Å²) in [6.07, 6.45) is 2.47. The van der Waals surface area contributed by atoms with Crippen molar-refractivity contribution < 1.29 is 18.3 Å². The van der Waals surface area contributed by atoms with Gasteiger partial charge in [-0.15, -0.1) is 0 Å². The van der Waals surface area contributed by atoms with E-state index in [2.05, 4.69) is 9.88 Å². The number of piperidine rings is 1. The van der Waals surface area contributed by atoms with Crippen LogP contribution in [0.15, 0.2) is 22.6 Å². The summed E-state index contributed by atoms with van der Waals surface area (Å²) in [5.74, 6) is 0.308. The van der Waals surface area contributed by atoms with Gasteiger partial charge in [0.15, 0.2) is 5.58 Å². The van der Waals surface area contributed by atoms with Gasteiger partial charge in [0, 0.05) is 38.7 Å². The number of amides is 1. The Morgan fingerprint density at radius 3 is 2.72 bits per heavy atom. The summed E-state index contributed by atoms with van der Waals surface area (Å²) in [5, 5.41) is 0. The Balaban J connectivity index is 1.33. The molecule has 2 aromatic rings. The third kappa shape index (κ3) is 3.61. The average molecular weight is 347 g/mol.